The number of aliphatic carboxylic acids is 1. The molecule has 1 aromatic heterocycles. The number of nitrogens with one attached hydrogen (secondary N) is 1. The van der Waals surface area contributed by atoms with Crippen LogP contribution in [-0.2, 0) is 4.79 Å². The lowest BCUT2D eigenvalue weighted by Gasteiger charge is -2.13. The number of rotatable bonds is 3. The average molecular weight is 275 g/mol. The van der Waals surface area contributed by atoms with Crippen LogP contribution in [-0.4, -0.2) is 21.8 Å². The van der Waals surface area contributed by atoms with Gasteiger partial charge in [-0.15, -0.1) is 0 Å². The summed E-state index contributed by atoms with van der Waals surface area (Å²) < 4.78 is 13.9. The summed E-state index contributed by atoms with van der Waals surface area (Å²) in [6.45, 7) is 0. The van der Waals surface area contributed by atoms with E-state index in [9.17, 15) is 14.0 Å². The van der Waals surface area contributed by atoms with Gasteiger partial charge in [0.05, 0.1) is 5.92 Å². The minimum atomic E-state index is -0.943. The number of Topliss-reactive ketones (excluding diaryl/α,β-unsaturated/α-hetero) is 1. The van der Waals surface area contributed by atoms with Crippen LogP contribution in [0.4, 0.5) is 4.39 Å². The van der Waals surface area contributed by atoms with E-state index in [0.29, 0.717) is 18.4 Å². The Bertz CT molecular complexity index is 691. The van der Waals surface area contributed by atoms with Crippen molar-refractivity contribution in [3.8, 4) is 0 Å². The Morgan fingerprint density at radius 3 is 2.75 bits per heavy atom. The van der Waals surface area contributed by atoms with Gasteiger partial charge >= 0.3 is 5.97 Å². The van der Waals surface area contributed by atoms with Crippen molar-refractivity contribution in [2.24, 2.45) is 11.8 Å². The fourth-order valence-corrected chi connectivity index (χ4v) is 3.10. The largest absolute Gasteiger partial charge is 0.481 e. The standard InChI is InChI=1S/C15H14FNO3/c16-11-5-2-6-12-13(11)10(7-17-12)14(18)8-3-1-4-9(8)15(19)20/h2,5-9,17H,1,3-4H2,(H,19,20). The lowest BCUT2D eigenvalue weighted by molar-refractivity contribution is -0.142. The van der Waals surface area contributed by atoms with E-state index in [1.165, 1.54) is 12.3 Å². The van der Waals surface area contributed by atoms with Crippen molar-refractivity contribution < 1.29 is 19.1 Å². The molecule has 0 spiro atoms. The number of carbonyl (C=O) groups excluding carboxylic acids is 1. The molecule has 3 rings (SSSR count). The molecule has 1 saturated carbocycles. The highest BCUT2D eigenvalue weighted by Crippen LogP contribution is 2.36. The Morgan fingerprint density at radius 1 is 1.25 bits per heavy atom. The first kappa shape index (κ1) is 12.8. The first-order valence-electron chi connectivity index (χ1n) is 6.62. The predicted molar refractivity (Wildman–Crippen MR) is 71.1 cm³/mol. The first-order valence-corrected chi connectivity index (χ1v) is 6.62. The minimum Gasteiger partial charge on any atom is -0.481 e. The number of hydrogen-bond acceptors (Lipinski definition) is 2. The normalized spacial score (nSPS) is 22.2. The molecule has 2 unspecified atom stereocenters. The number of fused-ring (bicyclic) bond motifs is 1. The van der Waals surface area contributed by atoms with Gasteiger partial charge in [0.2, 0.25) is 0 Å². The number of ketones is 1. The number of benzene rings is 1. The maximum Gasteiger partial charge on any atom is 0.307 e. The lowest BCUT2D eigenvalue weighted by Crippen LogP contribution is -2.25. The third kappa shape index (κ3) is 1.90. The molecule has 1 aromatic carbocycles. The molecule has 2 aromatic rings. The molecule has 20 heavy (non-hydrogen) atoms. The monoisotopic (exact) mass is 275 g/mol. The molecule has 1 heterocycles. The van der Waals surface area contributed by atoms with Gasteiger partial charge < -0.3 is 10.1 Å². The molecule has 104 valence electrons. The summed E-state index contributed by atoms with van der Waals surface area (Å²) in [6, 6.07) is 4.56. The van der Waals surface area contributed by atoms with Crippen LogP contribution in [0.3, 0.4) is 0 Å². The molecule has 0 radical (unpaired) electrons. The van der Waals surface area contributed by atoms with Gasteiger partial charge in [0.15, 0.2) is 5.78 Å². The molecule has 1 aliphatic rings. The van der Waals surface area contributed by atoms with Crippen LogP contribution in [0.5, 0.6) is 0 Å². The van der Waals surface area contributed by atoms with Crippen molar-refractivity contribution in [1.29, 1.82) is 0 Å². The molecule has 5 heteroatoms. The summed E-state index contributed by atoms with van der Waals surface area (Å²) in [5.41, 5.74) is 0.814. The highest BCUT2D eigenvalue weighted by molar-refractivity contribution is 6.10. The third-order valence-corrected chi connectivity index (χ3v) is 4.09. The maximum absolute atomic E-state index is 13.9. The van der Waals surface area contributed by atoms with Gasteiger partial charge in [0.25, 0.3) is 0 Å². The van der Waals surface area contributed by atoms with Crippen molar-refractivity contribution in [1.82, 2.24) is 4.98 Å². The summed E-state index contributed by atoms with van der Waals surface area (Å²) in [6.07, 6.45) is 3.26. The number of aromatic amines is 1. The van der Waals surface area contributed by atoms with Crippen molar-refractivity contribution >= 4 is 22.7 Å². The highest BCUT2D eigenvalue weighted by atomic mass is 19.1. The van der Waals surface area contributed by atoms with E-state index in [2.05, 4.69) is 4.98 Å². The second-order valence-electron chi connectivity index (χ2n) is 5.21. The smallest absolute Gasteiger partial charge is 0.307 e. The number of carbonyl (C=O) groups is 2. The van der Waals surface area contributed by atoms with Crippen LogP contribution >= 0.6 is 0 Å². The van der Waals surface area contributed by atoms with E-state index in [1.807, 2.05) is 0 Å². The van der Waals surface area contributed by atoms with Crippen molar-refractivity contribution in [3.05, 3.63) is 35.8 Å². The van der Waals surface area contributed by atoms with E-state index in [4.69, 9.17) is 5.11 Å². The quantitative estimate of drug-likeness (QED) is 0.846. The van der Waals surface area contributed by atoms with Crippen LogP contribution in [0.15, 0.2) is 24.4 Å². The van der Waals surface area contributed by atoms with E-state index in [-0.39, 0.29) is 16.7 Å². The van der Waals surface area contributed by atoms with E-state index in [0.717, 1.165) is 6.42 Å². The lowest BCUT2D eigenvalue weighted by atomic mass is 9.88. The zero-order chi connectivity index (χ0) is 14.3. The van der Waals surface area contributed by atoms with Crippen LogP contribution < -0.4 is 0 Å². The second-order valence-corrected chi connectivity index (χ2v) is 5.21. The van der Waals surface area contributed by atoms with Crippen LogP contribution in [0, 0.1) is 17.7 Å². The van der Waals surface area contributed by atoms with Gasteiger partial charge in [0.1, 0.15) is 5.82 Å². The van der Waals surface area contributed by atoms with Gasteiger partial charge in [-0.2, -0.15) is 0 Å². The molecule has 1 fully saturated rings. The minimum absolute atomic E-state index is 0.258. The Labute approximate surface area is 114 Å². The zero-order valence-electron chi connectivity index (χ0n) is 10.7. The van der Waals surface area contributed by atoms with Gasteiger partial charge in [-0.3, -0.25) is 9.59 Å². The van der Waals surface area contributed by atoms with Gasteiger partial charge in [-0.25, -0.2) is 4.39 Å². The molecular formula is C15H14FNO3. The summed E-state index contributed by atoms with van der Waals surface area (Å²) in [7, 11) is 0. The highest BCUT2D eigenvalue weighted by Gasteiger charge is 2.38. The summed E-state index contributed by atoms with van der Waals surface area (Å²) in [5, 5.41) is 9.42. The molecule has 2 N–H and O–H groups in total. The molecule has 0 aliphatic heterocycles. The van der Waals surface area contributed by atoms with Crippen LogP contribution in [0.1, 0.15) is 29.6 Å². The Balaban J connectivity index is 2.03. The third-order valence-electron chi connectivity index (χ3n) is 4.09. The SMILES string of the molecule is O=C(O)C1CCCC1C(=O)c1c[nH]c2cccc(F)c12. The molecule has 2 atom stereocenters. The number of H-pyrrole nitrogens is 1. The Morgan fingerprint density at radius 2 is 2.00 bits per heavy atom. The molecule has 0 saturated heterocycles. The molecule has 0 amide bonds. The van der Waals surface area contributed by atoms with Crippen molar-refractivity contribution in [2.75, 3.05) is 0 Å². The number of aromatic nitrogens is 1. The fourth-order valence-electron chi connectivity index (χ4n) is 3.10. The fraction of sp³-hybridized carbons (Fsp3) is 0.333. The summed E-state index contributed by atoms with van der Waals surface area (Å²) in [4.78, 5) is 26.6. The van der Waals surface area contributed by atoms with E-state index in [1.54, 1.807) is 12.1 Å². The summed E-state index contributed by atoms with van der Waals surface area (Å²) >= 11 is 0. The molecule has 1 aliphatic carbocycles. The predicted octanol–water partition coefficient (Wildman–Crippen LogP) is 2.99. The van der Waals surface area contributed by atoms with E-state index < -0.39 is 23.6 Å². The molecule has 0 bridgehead atoms. The topological polar surface area (TPSA) is 70.2 Å². The average Bonchev–Trinajstić information content (AvgIpc) is 3.05. The van der Waals surface area contributed by atoms with Gasteiger partial charge in [-0.05, 0) is 25.0 Å². The number of carboxylic acids is 1. The first-order chi connectivity index (χ1) is 9.59. The second kappa shape index (κ2) is 4.74. The van der Waals surface area contributed by atoms with E-state index >= 15 is 0 Å². The van der Waals surface area contributed by atoms with Crippen molar-refractivity contribution in [2.45, 2.75) is 19.3 Å². The number of carboxylic acid groups (broad SMARTS) is 1. The maximum atomic E-state index is 13.9. The summed E-state index contributed by atoms with van der Waals surface area (Å²) in [5.74, 6) is -2.88. The van der Waals surface area contributed by atoms with Crippen molar-refractivity contribution in [3.63, 3.8) is 0 Å². The van der Waals surface area contributed by atoms with Crippen LogP contribution in [0.25, 0.3) is 10.9 Å². The zero-order valence-corrected chi connectivity index (χ0v) is 10.7. The Hall–Kier alpha value is -2.17. The Kier molecular flexibility index (Phi) is 3.04. The number of hydrogen-bond donors (Lipinski definition) is 2. The molecule has 4 nitrogen and oxygen atoms in total. The van der Waals surface area contributed by atoms with Gasteiger partial charge in [0, 0.05) is 28.6 Å². The van der Waals surface area contributed by atoms with Gasteiger partial charge in [-0.1, -0.05) is 12.5 Å². The number of halogens is 1. The molecular weight excluding hydrogens is 261 g/mol. The van der Waals surface area contributed by atoms with Crippen LogP contribution in [0.2, 0.25) is 0 Å².